The number of sulfonamides is 1. The molecule has 0 unspecified atom stereocenters. The first kappa shape index (κ1) is 12.2. The molecule has 0 bridgehead atoms. The predicted octanol–water partition coefficient (Wildman–Crippen LogP) is -0.0334. The zero-order valence-corrected chi connectivity index (χ0v) is 8.40. The van der Waals surface area contributed by atoms with Crippen molar-refractivity contribution in [1.29, 1.82) is 0 Å². The highest BCUT2D eigenvalue weighted by Crippen LogP contribution is 2.21. The van der Waals surface area contributed by atoms with Gasteiger partial charge in [0.2, 0.25) is 10.0 Å². The molecule has 2 atom stereocenters. The van der Waals surface area contributed by atoms with Crippen LogP contribution in [0.3, 0.4) is 0 Å². The molecule has 1 fully saturated rings. The molecule has 0 aromatic heterocycles. The van der Waals surface area contributed by atoms with Gasteiger partial charge in [0.15, 0.2) is 0 Å². The summed E-state index contributed by atoms with van der Waals surface area (Å²) >= 11 is 0. The van der Waals surface area contributed by atoms with Crippen LogP contribution in [0.1, 0.15) is 25.7 Å². The van der Waals surface area contributed by atoms with E-state index >= 15 is 0 Å². The van der Waals surface area contributed by atoms with Crippen LogP contribution in [0.5, 0.6) is 0 Å². The summed E-state index contributed by atoms with van der Waals surface area (Å²) in [5.41, 5.74) is 5.61. The van der Waals surface area contributed by atoms with Gasteiger partial charge < -0.3 is 5.73 Å². The van der Waals surface area contributed by atoms with Crippen molar-refractivity contribution < 1.29 is 8.42 Å². The molecule has 0 radical (unpaired) electrons. The topological polar surface area (TPSA) is 86.2 Å². The summed E-state index contributed by atoms with van der Waals surface area (Å²) in [6, 6.07) is -0.251. The molecule has 6 heteroatoms. The minimum absolute atomic E-state index is 0. The van der Waals surface area contributed by atoms with Gasteiger partial charge in [0.1, 0.15) is 0 Å². The Balaban J connectivity index is 0.00000121. The van der Waals surface area contributed by atoms with Gasteiger partial charge in [-0.05, 0) is 12.8 Å². The maximum atomic E-state index is 10.9. The first-order chi connectivity index (χ1) is 5.02. The average molecular weight is 215 g/mol. The van der Waals surface area contributed by atoms with Crippen LogP contribution in [-0.4, -0.2) is 19.7 Å². The van der Waals surface area contributed by atoms with E-state index in [1.165, 1.54) is 0 Å². The molecule has 1 aliphatic rings. The van der Waals surface area contributed by atoms with Gasteiger partial charge in [-0.3, -0.25) is 0 Å². The highest BCUT2D eigenvalue weighted by Gasteiger charge is 2.30. The second-order valence-corrected chi connectivity index (χ2v) is 4.86. The van der Waals surface area contributed by atoms with Crippen molar-refractivity contribution in [3.8, 4) is 0 Å². The van der Waals surface area contributed by atoms with Gasteiger partial charge in [0.25, 0.3) is 0 Å². The number of hydrogen-bond donors (Lipinski definition) is 2. The Labute approximate surface area is 79.2 Å². The fraction of sp³-hybridized carbons (Fsp3) is 1.00. The molecular weight excluding hydrogens is 200 g/mol. The van der Waals surface area contributed by atoms with Gasteiger partial charge in [0, 0.05) is 6.04 Å². The average Bonchev–Trinajstić information content (AvgIpc) is 1.86. The normalized spacial score (nSPS) is 30.8. The van der Waals surface area contributed by atoms with E-state index in [1.54, 1.807) is 0 Å². The third kappa shape index (κ3) is 2.90. The number of primary sulfonamides is 1. The molecule has 74 valence electrons. The van der Waals surface area contributed by atoms with Crippen LogP contribution in [0.4, 0.5) is 0 Å². The summed E-state index contributed by atoms with van der Waals surface area (Å²) in [5.74, 6) is 0. The summed E-state index contributed by atoms with van der Waals surface area (Å²) in [6.45, 7) is 0. The van der Waals surface area contributed by atoms with Crippen molar-refractivity contribution in [2.24, 2.45) is 10.9 Å². The molecule has 4 nitrogen and oxygen atoms in total. The maximum Gasteiger partial charge on any atom is 0.213 e. The Morgan fingerprint density at radius 3 is 2.00 bits per heavy atom. The quantitative estimate of drug-likeness (QED) is 0.643. The van der Waals surface area contributed by atoms with Crippen LogP contribution >= 0.6 is 12.4 Å². The van der Waals surface area contributed by atoms with Crippen LogP contribution in [0, 0.1) is 0 Å². The molecule has 12 heavy (non-hydrogen) atoms. The van der Waals surface area contributed by atoms with E-state index in [2.05, 4.69) is 0 Å². The molecule has 0 aromatic carbocycles. The Hall–Kier alpha value is 0.160. The lowest BCUT2D eigenvalue weighted by Gasteiger charge is -2.26. The molecular formula is C6H15ClN2O2S. The maximum absolute atomic E-state index is 10.9. The Bertz CT molecular complexity index is 230. The number of nitrogens with two attached hydrogens (primary N) is 2. The van der Waals surface area contributed by atoms with E-state index in [-0.39, 0.29) is 18.4 Å². The van der Waals surface area contributed by atoms with E-state index in [0.29, 0.717) is 6.42 Å². The van der Waals surface area contributed by atoms with E-state index < -0.39 is 15.3 Å². The fourth-order valence-corrected chi connectivity index (χ4v) is 2.65. The number of halogens is 1. The van der Waals surface area contributed by atoms with Gasteiger partial charge in [-0.25, -0.2) is 13.6 Å². The number of hydrogen-bond acceptors (Lipinski definition) is 3. The van der Waals surface area contributed by atoms with Gasteiger partial charge in [-0.2, -0.15) is 0 Å². The second kappa shape index (κ2) is 4.41. The first-order valence-electron chi connectivity index (χ1n) is 3.79. The van der Waals surface area contributed by atoms with Gasteiger partial charge in [-0.1, -0.05) is 12.8 Å². The molecule has 0 amide bonds. The van der Waals surface area contributed by atoms with Crippen LogP contribution in [0.25, 0.3) is 0 Å². The Kier molecular flexibility index (Phi) is 4.47. The molecule has 0 heterocycles. The van der Waals surface area contributed by atoms with Gasteiger partial charge in [0.05, 0.1) is 5.25 Å². The van der Waals surface area contributed by atoms with E-state index in [4.69, 9.17) is 10.9 Å². The Morgan fingerprint density at radius 1 is 1.17 bits per heavy atom. The lowest BCUT2D eigenvalue weighted by atomic mass is 9.96. The third-order valence-electron chi connectivity index (χ3n) is 2.18. The lowest BCUT2D eigenvalue weighted by Crippen LogP contribution is -2.45. The summed E-state index contributed by atoms with van der Waals surface area (Å²) in [4.78, 5) is 0. The molecule has 1 saturated carbocycles. The Morgan fingerprint density at radius 2 is 1.67 bits per heavy atom. The van der Waals surface area contributed by atoms with Gasteiger partial charge in [-0.15, -0.1) is 12.4 Å². The van der Waals surface area contributed by atoms with E-state index in [0.717, 1.165) is 19.3 Å². The summed E-state index contributed by atoms with van der Waals surface area (Å²) in [5, 5.41) is 4.49. The molecule has 0 saturated heterocycles. The van der Waals surface area contributed by atoms with Crippen LogP contribution < -0.4 is 10.9 Å². The van der Waals surface area contributed by atoms with E-state index in [9.17, 15) is 8.42 Å². The van der Waals surface area contributed by atoms with Crippen molar-refractivity contribution in [2.45, 2.75) is 37.0 Å². The summed E-state index contributed by atoms with van der Waals surface area (Å²) < 4.78 is 21.8. The SMILES string of the molecule is Cl.N[C@H]1CCCC[C@H]1S(N)(=O)=O. The van der Waals surface area contributed by atoms with Crippen molar-refractivity contribution >= 4 is 22.4 Å². The third-order valence-corrected chi connectivity index (χ3v) is 3.60. The zero-order chi connectivity index (χ0) is 8.48. The summed E-state index contributed by atoms with van der Waals surface area (Å²) in [7, 11) is -3.40. The van der Waals surface area contributed by atoms with Crippen LogP contribution in [-0.2, 0) is 10.0 Å². The molecule has 0 aliphatic heterocycles. The van der Waals surface area contributed by atoms with E-state index in [1.807, 2.05) is 0 Å². The molecule has 0 spiro atoms. The lowest BCUT2D eigenvalue weighted by molar-refractivity contribution is 0.432. The molecule has 4 N–H and O–H groups in total. The number of rotatable bonds is 1. The van der Waals surface area contributed by atoms with Crippen molar-refractivity contribution in [1.82, 2.24) is 0 Å². The first-order valence-corrected chi connectivity index (χ1v) is 5.40. The van der Waals surface area contributed by atoms with Crippen LogP contribution in [0.2, 0.25) is 0 Å². The highest BCUT2D eigenvalue weighted by molar-refractivity contribution is 7.89. The fourth-order valence-electron chi connectivity index (χ4n) is 1.53. The highest BCUT2D eigenvalue weighted by atomic mass is 35.5. The monoisotopic (exact) mass is 214 g/mol. The minimum Gasteiger partial charge on any atom is -0.326 e. The van der Waals surface area contributed by atoms with Crippen molar-refractivity contribution in [3.05, 3.63) is 0 Å². The standard InChI is InChI=1S/C6H14N2O2S.ClH/c7-5-3-1-2-4-6(5)11(8,9)10;/h5-6H,1-4,7H2,(H2,8,9,10);1H/t5-,6+;/m0./s1. The predicted molar refractivity (Wildman–Crippen MR) is 50.6 cm³/mol. The minimum atomic E-state index is -3.40. The van der Waals surface area contributed by atoms with Crippen LogP contribution in [0.15, 0.2) is 0 Å². The smallest absolute Gasteiger partial charge is 0.213 e. The second-order valence-electron chi connectivity index (χ2n) is 3.08. The molecule has 1 aliphatic carbocycles. The van der Waals surface area contributed by atoms with Gasteiger partial charge >= 0.3 is 0 Å². The zero-order valence-electron chi connectivity index (χ0n) is 6.77. The summed E-state index contributed by atoms with van der Waals surface area (Å²) in [6.07, 6.45) is 3.35. The molecule has 1 rings (SSSR count). The van der Waals surface area contributed by atoms with Crippen molar-refractivity contribution in [3.63, 3.8) is 0 Å². The van der Waals surface area contributed by atoms with Crippen molar-refractivity contribution in [2.75, 3.05) is 0 Å². The molecule has 0 aromatic rings. The largest absolute Gasteiger partial charge is 0.326 e.